The van der Waals surface area contributed by atoms with Crippen LogP contribution in [0.4, 0.5) is 4.79 Å². The Morgan fingerprint density at radius 2 is 2.13 bits per heavy atom. The van der Waals surface area contributed by atoms with Gasteiger partial charge in [-0.2, -0.15) is 0 Å². The Labute approximate surface area is 91.0 Å². The summed E-state index contributed by atoms with van der Waals surface area (Å²) in [6.07, 6.45) is 2.80. The molecule has 4 heteroatoms. The summed E-state index contributed by atoms with van der Waals surface area (Å²) in [4.78, 5) is 11.2. The number of nitrogens with one attached hydrogen (secondary N) is 1. The molecule has 1 aliphatic carbocycles. The number of aliphatic hydroxyl groups excluding tert-OH is 1. The predicted molar refractivity (Wildman–Crippen MR) is 57.3 cm³/mol. The van der Waals surface area contributed by atoms with Gasteiger partial charge in [0.2, 0.25) is 0 Å². The summed E-state index contributed by atoms with van der Waals surface area (Å²) in [6, 6.07) is 0. The van der Waals surface area contributed by atoms with Crippen LogP contribution in [0.1, 0.15) is 46.5 Å². The van der Waals surface area contributed by atoms with Crippen LogP contribution in [-0.4, -0.2) is 23.0 Å². The van der Waals surface area contributed by atoms with Gasteiger partial charge < -0.3 is 9.84 Å². The van der Waals surface area contributed by atoms with E-state index >= 15 is 0 Å². The maximum atomic E-state index is 11.2. The number of carbonyl (C=O) groups is 1. The van der Waals surface area contributed by atoms with Gasteiger partial charge >= 0.3 is 6.09 Å². The van der Waals surface area contributed by atoms with Gasteiger partial charge in [-0.25, -0.2) is 4.79 Å². The number of ether oxygens (including phenoxy) is 1. The Morgan fingerprint density at radius 3 is 2.60 bits per heavy atom. The fourth-order valence-electron chi connectivity index (χ4n) is 1.32. The number of hydrogen-bond acceptors (Lipinski definition) is 3. The van der Waals surface area contributed by atoms with Crippen molar-refractivity contribution in [2.24, 2.45) is 5.92 Å². The summed E-state index contributed by atoms with van der Waals surface area (Å²) in [6.45, 7) is 5.38. The Balaban J connectivity index is 2.12. The molecular weight excluding hydrogens is 194 g/mol. The molecule has 15 heavy (non-hydrogen) atoms. The Bertz CT molecular complexity index is 218. The van der Waals surface area contributed by atoms with Gasteiger partial charge in [0.15, 0.2) is 0 Å². The number of aliphatic hydroxyl groups is 1. The lowest BCUT2D eigenvalue weighted by atomic mass is 10.2. The third kappa shape index (κ3) is 6.33. The monoisotopic (exact) mass is 215 g/mol. The molecule has 0 aromatic heterocycles. The van der Waals surface area contributed by atoms with Crippen LogP contribution in [0, 0.1) is 5.92 Å². The van der Waals surface area contributed by atoms with Crippen molar-refractivity contribution in [2.45, 2.75) is 58.3 Å². The predicted octanol–water partition coefficient (Wildman–Crippen LogP) is 2.02. The van der Waals surface area contributed by atoms with Gasteiger partial charge in [0.25, 0.3) is 0 Å². The topological polar surface area (TPSA) is 58.6 Å². The Hall–Kier alpha value is -0.770. The summed E-state index contributed by atoms with van der Waals surface area (Å²) in [5.41, 5.74) is -0.514. The Kier molecular flexibility index (Phi) is 3.97. The lowest BCUT2D eigenvalue weighted by Gasteiger charge is -2.21. The van der Waals surface area contributed by atoms with Crippen LogP contribution in [0.2, 0.25) is 0 Å². The van der Waals surface area contributed by atoms with Crippen LogP contribution in [0.25, 0.3) is 0 Å². The van der Waals surface area contributed by atoms with E-state index in [2.05, 4.69) is 5.32 Å². The molecule has 0 spiro atoms. The second kappa shape index (κ2) is 4.84. The van der Waals surface area contributed by atoms with Gasteiger partial charge in [-0.1, -0.05) is 12.8 Å². The normalized spacial score (nSPS) is 18.4. The second-order valence-corrected chi connectivity index (χ2v) is 5.18. The number of amides is 1. The highest BCUT2D eigenvalue weighted by molar-refractivity contribution is 5.67. The molecule has 1 rings (SSSR count). The number of alkyl carbamates (subject to hydrolysis) is 1. The molecule has 0 radical (unpaired) electrons. The van der Waals surface area contributed by atoms with E-state index in [9.17, 15) is 9.90 Å². The third-order valence-corrected chi connectivity index (χ3v) is 2.23. The van der Waals surface area contributed by atoms with Gasteiger partial charge in [0, 0.05) is 0 Å². The fraction of sp³-hybridized carbons (Fsp3) is 0.909. The lowest BCUT2D eigenvalue weighted by molar-refractivity contribution is 0.0339. The van der Waals surface area contributed by atoms with E-state index in [1.54, 1.807) is 20.8 Å². The van der Waals surface area contributed by atoms with Crippen molar-refractivity contribution in [3.63, 3.8) is 0 Å². The van der Waals surface area contributed by atoms with Crippen molar-refractivity contribution in [2.75, 3.05) is 0 Å². The maximum absolute atomic E-state index is 11.2. The molecule has 4 nitrogen and oxygen atoms in total. The maximum Gasteiger partial charge on any atom is 0.409 e. The van der Waals surface area contributed by atoms with Crippen LogP contribution >= 0.6 is 0 Å². The first-order valence-electron chi connectivity index (χ1n) is 5.54. The zero-order chi connectivity index (χ0) is 11.5. The highest BCUT2D eigenvalue weighted by Crippen LogP contribution is 2.33. The number of rotatable bonds is 4. The van der Waals surface area contributed by atoms with Crippen molar-refractivity contribution in [3.05, 3.63) is 0 Å². The quantitative estimate of drug-likeness (QED) is 0.705. The van der Waals surface area contributed by atoms with E-state index in [4.69, 9.17) is 4.74 Å². The molecule has 0 heterocycles. The molecule has 1 amide bonds. The van der Waals surface area contributed by atoms with Gasteiger partial charge in [0.1, 0.15) is 11.8 Å². The first kappa shape index (κ1) is 12.3. The average molecular weight is 215 g/mol. The van der Waals surface area contributed by atoms with Gasteiger partial charge in [-0.15, -0.1) is 0 Å². The van der Waals surface area contributed by atoms with Crippen LogP contribution in [0.5, 0.6) is 0 Å². The smallest absolute Gasteiger partial charge is 0.409 e. The summed E-state index contributed by atoms with van der Waals surface area (Å²) < 4.78 is 5.02. The molecule has 1 atom stereocenters. The zero-order valence-electron chi connectivity index (χ0n) is 9.75. The van der Waals surface area contributed by atoms with E-state index in [-0.39, 0.29) is 0 Å². The van der Waals surface area contributed by atoms with Crippen LogP contribution in [-0.2, 0) is 4.74 Å². The first-order valence-corrected chi connectivity index (χ1v) is 5.54. The van der Waals surface area contributed by atoms with Crippen molar-refractivity contribution in [1.82, 2.24) is 5.32 Å². The van der Waals surface area contributed by atoms with Gasteiger partial charge in [0.05, 0.1) is 0 Å². The van der Waals surface area contributed by atoms with Crippen LogP contribution < -0.4 is 5.32 Å². The highest BCUT2D eigenvalue weighted by Gasteiger charge is 2.23. The molecule has 88 valence electrons. The van der Waals surface area contributed by atoms with Crippen molar-refractivity contribution in [1.29, 1.82) is 0 Å². The van der Waals surface area contributed by atoms with Crippen molar-refractivity contribution >= 4 is 6.09 Å². The average Bonchev–Trinajstić information content (AvgIpc) is 2.79. The zero-order valence-corrected chi connectivity index (χ0v) is 9.75. The molecule has 2 N–H and O–H groups in total. The van der Waals surface area contributed by atoms with Crippen LogP contribution in [0.15, 0.2) is 0 Å². The Morgan fingerprint density at radius 1 is 1.53 bits per heavy atom. The first-order chi connectivity index (χ1) is 6.87. The van der Waals surface area contributed by atoms with Gasteiger partial charge in [-0.3, -0.25) is 5.32 Å². The summed E-state index contributed by atoms with van der Waals surface area (Å²) in [7, 11) is 0. The van der Waals surface area contributed by atoms with Crippen molar-refractivity contribution < 1.29 is 14.6 Å². The third-order valence-electron chi connectivity index (χ3n) is 2.23. The molecule has 1 saturated carbocycles. The molecule has 0 aromatic rings. The lowest BCUT2D eigenvalue weighted by Crippen LogP contribution is -2.39. The standard InChI is InChI=1S/C11H21NO3/c1-11(2,3)15-10(14)12-9(13)7-6-8-4-5-8/h8-9,13H,4-7H2,1-3H3,(H,12,14). The molecule has 0 aliphatic heterocycles. The number of carbonyl (C=O) groups excluding carboxylic acids is 1. The van der Waals surface area contributed by atoms with E-state index in [0.29, 0.717) is 6.42 Å². The van der Waals surface area contributed by atoms with E-state index in [1.165, 1.54) is 12.8 Å². The summed E-state index contributed by atoms with van der Waals surface area (Å²) in [5.74, 6) is 0.764. The summed E-state index contributed by atoms with van der Waals surface area (Å²) in [5, 5.41) is 11.9. The highest BCUT2D eigenvalue weighted by atomic mass is 16.6. The van der Waals surface area contributed by atoms with Crippen molar-refractivity contribution in [3.8, 4) is 0 Å². The molecule has 0 bridgehead atoms. The minimum absolute atomic E-state index is 0.514. The SMILES string of the molecule is CC(C)(C)OC(=O)NC(O)CCC1CC1. The molecular formula is C11H21NO3. The molecule has 1 unspecified atom stereocenters. The van der Waals surface area contributed by atoms with Gasteiger partial charge in [-0.05, 0) is 39.5 Å². The second-order valence-electron chi connectivity index (χ2n) is 5.18. The molecule has 0 aromatic carbocycles. The van der Waals surface area contributed by atoms with E-state index < -0.39 is 17.9 Å². The van der Waals surface area contributed by atoms with E-state index in [0.717, 1.165) is 12.3 Å². The molecule has 1 aliphatic rings. The van der Waals surface area contributed by atoms with Crippen LogP contribution in [0.3, 0.4) is 0 Å². The minimum atomic E-state index is -0.777. The minimum Gasteiger partial charge on any atom is -0.444 e. The number of hydrogen-bond donors (Lipinski definition) is 2. The largest absolute Gasteiger partial charge is 0.444 e. The summed E-state index contributed by atoms with van der Waals surface area (Å²) >= 11 is 0. The fourth-order valence-corrected chi connectivity index (χ4v) is 1.32. The molecule has 0 saturated heterocycles. The van der Waals surface area contributed by atoms with E-state index in [1.807, 2.05) is 0 Å². The molecule has 1 fully saturated rings.